The average molecular weight is 213 g/mol. The molecule has 0 N–H and O–H groups in total. The number of nitrogens with zero attached hydrogens (tertiary/aromatic N) is 1. The van der Waals surface area contributed by atoms with Crippen molar-refractivity contribution in [2.45, 2.75) is 59.1 Å². The summed E-state index contributed by atoms with van der Waals surface area (Å²) >= 11 is 0. The molecule has 1 saturated heterocycles. The third-order valence-electron chi connectivity index (χ3n) is 2.93. The van der Waals surface area contributed by atoms with Crippen LogP contribution in [-0.2, 0) is 4.74 Å². The maximum Gasteiger partial charge on any atom is 0.410 e. The third-order valence-corrected chi connectivity index (χ3v) is 2.93. The summed E-state index contributed by atoms with van der Waals surface area (Å²) in [6.45, 7) is 10.9. The maximum absolute atomic E-state index is 11.9. The largest absolute Gasteiger partial charge is 0.444 e. The summed E-state index contributed by atoms with van der Waals surface area (Å²) in [5, 5.41) is 0. The van der Waals surface area contributed by atoms with Gasteiger partial charge in [-0.25, -0.2) is 4.79 Å². The summed E-state index contributed by atoms with van der Waals surface area (Å²) in [5.74, 6) is 0.600. The van der Waals surface area contributed by atoms with E-state index in [2.05, 4.69) is 13.8 Å². The minimum Gasteiger partial charge on any atom is -0.444 e. The molecule has 88 valence electrons. The van der Waals surface area contributed by atoms with Crippen LogP contribution in [0.15, 0.2) is 0 Å². The van der Waals surface area contributed by atoms with E-state index in [1.165, 1.54) is 0 Å². The monoisotopic (exact) mass is 213 g/mol. The van der Waals surface area contributed by atoms with Crippen LogP contribution in [0.2, 0.25) is 0 Å². The van der Waals surface area contributed by atoms with Crippen LogP contribution in [0.4, 0.5) is 4.79 Å². The average Bonchev–Trinajstić information content (AvgIpc) is 2.43. The number of ether oxygens (including phenoxy) is 1. The Morgan fingerprint density at radius 3 is 2.53 bits per heavy atom. The second-order valence-electron chi connectivity index (χ2n) is 5.42. The van der Waals surface area contributed by atoms with Gasteiger partial charge in [0.1, 0.15) is 5.60 Å². The smallest absolute Gasteiger partial charge is 0.410 e. The minimum atomic E-state index is -0.388. The van der Waals surface area contributed by atoms with Crippen molar-refractivity contribution < 1.29 is 9.53 Å². The Morgan fingerprint density at radius 2 is 2.07 bits per heavy atom. The van der Waals surface area contributed by atoms with Crippen LogP contribution in [0.3, 0.4) is 0 Å². The number of hydrogen-bond donors (Lipinski definition) is 0. The van der Waals surface area contributed by atoms with Gasteiger partial charge in [0.25, 0.3) is 0 Å². The number of likely N-dealkylation sites (tertiary alicyclic amines) is 1. The number of hydrogen-bond acceptors (Lipinski definition) is 2. The molecule has 2 atom stereocenters. The van der Waals surface area contributed by atoms with Crippen LogP contribution >= 0.6 is 0 Å². The molecule has 0 bridgehead atoms. The van der Waals surface area contributed by atoms with Gasteiger partial charge in [0.15, 0.2) is 0 Å². The van der Waals surface area contributed by atoms with Gasteiger partial charge in [0, 0.05) is 12.6 Å². The van der Waals surface area contributed by atoms with Gasteiger partial charge in [0.05, 0.1) is 0 Å². The molecule has 1 fully saturated rings. The van der Waals surface area contributed by atoms with Gasteiger partial charge in [-0.15, -0.1) is 0 Å². The molecular weight excluding hydrogens is 190 g/mol. The molecule has 1 rings (SSSR count). The molecule has 0 radical (unpaired) electrons. The second-order valence-corrected chi connectivity index (χ2v) is 5.42. The van der Waals surface area contributed by atoms with E-state index in [-0.39, 0.29) is 11.7 Å². The summed E-state index contributed by atoms with van der Waals surface area (Å²) in [7, 11) is 0. The SMILES string of the molecule is CC[C@@H]1[C@@H](C)CCN1C(=O)OC(C)(C)C. The molecule has 0 spiro atoms. The lowest BCUT2D eigenvalue weighted by Crippen LogP contribution is -2.40. The lowest BCUT2D eigenvalue weighted by molar-refractivity contribution is 0.0207. The number of carbonyl (C=O) groups excluding carboxylic acids is 1. The van der Waals surface area contributed by atoms with E-state index in [1.54, 1.807) is 0 Å². The maximum atomic E-state index is 11.9. The van der Waals surface area contributed by atoms with E-state index < -0.39 is 0 Å². The van der Waals surface area contributed by atoms with E-state index in [1.807, 2.05) is 25.7 Å². The lowest BCUT2D eigenvalue weighted by atomic mass is 10.0. The molecule has 0 aromatic rings. The van der Waals surface area contributed by atoms with Crippen LogP contribution in [-0.4, -0.2) is 29.2 Å². The van der Waals surface area contributed by atoms with E-state index in [4.69, 9.17) is 4.74 Å². The first-order chi connectivity index (χ1) is 6.85. The molecule has 1 heterocycles. The molecule has 1 aliphatic heterocycles. The fourth-order valence-corrected chi connectivity index (χ4v) is 2.18. The van der Waals surface area contributed by atoms with Crippen LogP contribution in [0.25, 0.3) is 0 Å². The highest BCUT2D eigenvalue weighted by atomic mass is 16.6. The molecule has 0 unspecified atom stereocenters. The Kier molecular flexibility index (Phi) is 3.63. The fourth-order valence-electron chi connectivity index (χ4n) is 2.18. The van der Waals surface area contributed by atoms with E-state index in [0.29, 0.717) is 12.0 Å². The Bertz CT molecular complexity index is 232. The topological polar surface area (TPSA) is 29.5 Å². The van der Waals surface area contributed by atoms with Crippen molar-refractivity contribution >= 4 is 6.09 Å². The van der Waals surface area contributed by atoms with Gasteiger partial charge < -0.3 is 9.64 Å². The predicted octanol–water partition coefficient (Wildman–Crippen LogP) is 3.04. The first-order valence-corrected chi connectivity index (χ1v) is 5.84. The Hall–Kier alpha value is -0.730. The Balaban J connectivity index is 2.60. The number of amides is 1. The van der Waals surface area contributed by atoms with Gasteiger partial charge in [-0.3, -0.25) is 0 Å². The number of carbonyl (C=O) groups is 1. The summed E-state index contributed by atoms with van der Waals surface area (Å²) in [4.78, 5) is 13.8. The van der Waals surface area contributed by atoms with Gasteiger partial charge in [-0.2, -0.15) is 0 Å². The molecule has 0 aromatic carbocycles. The first kappa shape index (κ1) is 12.3. The molecule has 3 nitrogen and oxygen atoms in total. The minimum absolute atomic E-state index is 0.154. The van der Waals surface area contributed by atoms with E-state index in [9.17, 15) is 4.79 Å². The third kappa shape index (κ3) is 3.11. The molecule has 0 aromatic heterocycles. The van der Waals surface area contributed by atoms with Gasteiger partial charge in [-0.05, 0) is 39.5 Å². The van der Waals surface area contributed by atoms with Gasteiger partial charge >= 0.3 is 6.09 Å². The quantitative estimate of drug-likeness (QED) is 0.670. The van der Waals surface area contributed by atoms with Crippen molar-refractivity contribution in [1.82, 2.24) is 4.90 Å². The summed E-state index contributed by atoms with van der Waals surface area (Å²) in [6.07, 6.45) is 1.96. The van der Waals surface area contributed by atoms with Crippen molar-refractivity contribution in [3.05, 3.63) is 0 Å². The molecule has 15 heavy (non-hydrogen) atoms. The highest BCUT2D eigenvalue weighted by molar-refractivity contribution is 5.69. The van der Waals surface area contributed by atoms with Crippen molar-refractivity contribution in [3.8, 4) is 0 Å². The fraction of sp³-hybridized carbons (Fsp3) is 0.917. The summed E-state index contributed by atoms with van der Waals surface area (Å²) in [5.41, 5.74) is -0.388. The van der Waals surface area contributed by atoms with Gasteiger partial charge in [-0.1, -0.05) is 13.8 Å². The van der Waals surface area contributed by atoms with Crippen molar-refractivity contribution in [2.24, 2.45) is 5.92 Å². The molecular formula is C12H23NO2. The highest BCUT2D eigenvalue weighted by Crippen LogP contribution is 2.27. The zero-order valence-electron chi connectivity index (χ0n) is 10.5. The van der Waals surface area contributed by atoms with Crippen LogP contribution < -0.4 is 0 Å². The van der Waals surface area contributed by atoms with Crippen LogP contribution in [0, 0.1) is 5.92 Å². The van der Waals surface area contributed by atoms with E-state index in [0.717, 1.165) is 19.4 Å². The summed E-state index contributed by atoms with van der Waals surface area (Å²) in [6, 6.07) is 0.361. The Labute approximate surface area is 92.8 Å². The van der Waals surface area contributed by atoms with E-state index >= 15 is 0 Å². The molecule has 0 aliphatic carbocycles. The normalized spacial score (nSPS) is 26.9. The zero-order valence-corrected chi connectivity index (χ0v) is 10.5. The second kappa shape index (κ2) is 4.42. The van der Waals surface area contributed by atoms with Crippen molar-refractivity contribution in [1.29, 1.82) is 0 Å². The van der Waals surface area contributed by atoms with Gasteiger partial charge in [0.2, 0.25) is 0 Å². The molecule has 1 aliphatic rings. The van der Waals surface area contributed by atoms with Crippen LogP contribution in [0.5, 0.6) is 0 Å². The molecule has 3 heteroatoms. The van der Waals surface area contributed by atoms with Crippen molar-refractivity contribution in [2.75, 3.05) is 6.54 Å². The van der Waals surface area contributed by atoms with Crippen molar-refractivity contribution in [3.63, 3.8) is 0 Å². The predicted molar refractivity (Wildman–Crippen MR) is 60.8 cm³/mol. The highest BCUT2D eigenvalue weighted by Gasteiger charge is 2.35. The number of rotatable bonds is 1. The zero-order chi connectivity index (χ0) is 11.6. The van der Waals surface area contributed by atoms with Crippen LogP contribution in [0.1, 0.15) is 47.5 Å². The molecule has 0 saturated carbocycles. The Morgan fingerprint density at radius 1 is 1.47 bits per heavy atom. The first-order valence-electron chi connectivity index (χ1n) is 5.84. The lowest BCUT2D eigenvalue weighted by Gasteiger charge is -2.29. The standard InChI is InChI=1S/C12H23NO2/c1-6-10-9(2)7-8-13(10)11(14)15-12(3,4)5/h9-10H,6-8H2,1-5H3/t9-,10+/m0/s1. The summed E-state index contributed by atoms with van der Waals surface area (Å²) < 4.78 is 5.39. The molecule has 1 amide bonds.